The van der Waals surface area contributed by atoms with Crippen molar-refractivity contribution >= 4 is 51.2 Å². The molecule has 0 saturated carbocycles. The summed E-state index contributed by atoms with van der Waals surface area (Å²) >= 11 is 9.38. The first-order valence-corrected chi connectivity index (χ1v) is 10.5. The van der Waals surface area contributed by atoms with Crippen LogP contribution in [0.15, 0.2) is 82.4 Å². The number of anilines is 1. The molecule has 0 aliphatic rings. The zero-order valence-corrected chi connectivity index (χ0v) is 18.7. The average molecular weight is 501 g/mol. The van der Waals surface area contributed by atoms with E-state index in [0.717, 1.165) is 21.3 Å². The molecule has 0 unspecified atom stereocenters. The molecule has 0 spiro atoms. The minimum atomic E-state index is -0.532. The molecule has 0 fully saturated rings. The Morgan fingerprint density at radius 1 is 0.968 bits per heavy atom. The molecule has 158 valence electrons. The van der Waals surface area contributed by atoms with Crippen molar-refractivity contribution in [2.45, 2.75) is 13.0 Å². The molecule has 3 rings (SSSR count). The van der Waals surface area contributed by atoms with E-state index in [-0.39, 0.29) is 6.42 Å². The molecule has 0 aliphatic heterocycles. The van der Waals surface area contributed by atoms with Crippen LogP contribution >= 0.6 is 27.5 Å². The Balaban J connectivity index is 1.42. The Morgan fingerprint density at radius 2 is 1.68 bits per heavy atom. The fraction of sp³-hybridized carbons (Fsp3) is 0.0870. The normalized spacial score (nSPS) is 10.6. The van der Waals surface area contributed by atoms with Crippen molar-refractivity contribution < 1.29 is 14.3 Å². The van der Waals surface area contributed by atoms with Gasteiger partial charge in [0.2, 0.25) is 11.8 Å². The van der Waals surface area contributed by atoms with Crippen molar-refractivity contribution in [3.63, 3.8) is 0 Å². The second-order valence-corrected chi connectivity index (χ2v) is 7.81. The smallest absolute Gasteiger partial charge is 0.249 e. The van der Waals surface area contributed by atoms with Crippen LogP contribution in [0.1, 0.15) is 17.5 Å². The van der Waals surface area contributed by atoms with Crippen LogP contribution < -0.4 is 15.5 Å². The number of nitrogens with zero attached hydrogens (tertiary/aromatic N) is 1. The molecule has 0 heterocycles. The third kappa shape index (κ3) is 7.55. The molecule has 31 heavy (non-hydrogen) atoms. The summed E-state index contributed by atoms with van der Waals surface area (Å²) in [6.45, 7) is 0.465. The molecule has 0 aromatic heterocycles. The van der Waals surface area contributed by atoms with Crippen molar-refractivity contribution in [1.29, 1.82) is 0 Å². The predicted molar refractivity (Wildman–Crippen MR) is 125 cm³/mol. The highest BCUT2D eigenvalue weighted by Crippen LogP contribution is 2.20. The number of halogens is 2. The lowest BCUT2D eigenvalue weighted by Gasteiger charge is -2.07. The summed E-state index contributed by atoms with van der Waals surface area (Å²) in [6, 6.07) is 22.0. The van der Waals surface area contributed by atoms with E-state index in [9.17, 15) is 9.59 Å². The van der Waals surface area contributed by atoms with Crippen LogP contribution in [0.2, 0.25) is 5.02 Å². The Bertz CT molecular complexity index is 1070. The molecule has 2 N–H and O–H groups in total. The number of nitrogens with one attached hydrogen (secondary N) is 2. The minimum absolute atomic E-state index is 0.370. The zero-order chi connectivity index (χ0) is 22.1. The van der Waals surface area contributed by atoms with Gasteiger partial charge < -0.3 is 10.1 Å². The molecule has 3 aromatic carbocycles. The van der Waals surface area contributed by atoms with Crippen LogP contribution in [0.4, 0.5) is 5.69 Å². The molecule has 0 aliphatic carbocycles. The number of carbonyl (C=O) groups excluding carboxylic acids is 2. The van der Waals surface area contributed by atoms with E-state index in [1.54, 1.807) is 24.3 Å². The molecular weight excluding hydrogens is 482 g/mol. The zero-order valence-electron chi connectivity index (χ0n) is 16.3. The first-order chi connectivity index (χ1) is 15.0. The number of hydrogen-bond acceptors (Lipinski definition) is 4. The van der Waals surface area contributed by atoms with E-state index < -0.39 is 11.8 Å². The largest absolute Gasteiger partial charge is 0.489 e. The highest BCUT2D eigenvalue weighted by molar-refractivity contribution is 9.10. The van der Waals surface area contributed by atoms with Gasteiger partial charge in [0.1, 0.15) is 18.8 Å². The Hall–Kier alpha value is -3.16. The maximum absolute atomic E-state index is 11.9. The second kappa shape index (κ2) is 11.3. The van der Waals surface area contributed by atoms with Gasteiger partial charge in [-0.15, -0.1) is 0 Å². The van der Waals surface area contributed by atoms with Crippen molar-refractivity contribution in [3.8, 4) is 5.75 Å². The van der Waals surface area contributed by atoms with Crippen LogP contribution in [-0.4, -0.2) is 18.0 Å². The molecule has 0 radical (unpaired) electrons. The summed E-state index contributed by atoms with van der Waals surface area (Å²) in [5.41, 5.74) is 4.62. The quantitative estimate of drug-likeness (QED) is 0.255. The van der Waals surface area contributed by atoms with E-state index in [0.29, 0.717) is 17.3 Å². The maximum atomic E-state index is 11.9. The van der Waals surface area contributed by atoms with Crippen LogP contribution in [-0.2, 0) is 16.2 Å². The summed E-state index contributed by atoms with van der Waals surface area (Å²) in [6.07, 6.45) is 1.12. The van der Waals surface area contributed by atoms with Gasteiger partial charge in [-0.1, -0.05) is 51.8 Å². The lowest BCUT2D eigenvalue weighted by atomic mass is 10.2. The van der Waals surface area contributed by atoms with Gasteiger partial charge in [0.05, 0.1) is 16.9 Å². The minimum Gasteiger partial charge on any atom is -0.489 e. The van der Waals surface area contributed by atoms with Crippen molar-refractivity contribution in [1.82, 2.24) is 5.43 Å². The van der Waals surface area contributed by atoms with Crippen LogP contribution in [0.5, 0.6) is 5.75 Å². The fourth-order valence-corrected chi connectivity index (χ4v) is 2.97. The lowest BCUT2D eigenvalue weighted by molar-refractivity contribution is -0.126. The summed E-state index contributed by atoms with van der Waals surface area (Å²) in [5.74, 6) is -0.288. The summed E-state index contributed by atoms with van der Waals surface area (Å²) in [4.78, 5) is 23.8. The molecule has 0 atom stereocenters. The summed E-state index contributed by atoms with van der Waals surface area (Å²) in [7, 11) is 0. The van der Waals surface area contributed by atoms with Crippen LogP contribution in [0.3, 0.4) is 0 Å². The van der Waals surface area contributed by atoms with Gasteiger partial charge in [-0.05, 0) is 59.7 Å². The first-order valence-electron chi connectivity index (χ1n) is 9.33. The van der Waals surface area contributed by atoms with E-state index in [1.165, 1.54) is 6.21 Å². The number of ether oxygens (including phenoxy) is 1. The maximum Gasteiger partial charge on any atom is 0.249 e. The van der Waals surface area contributed by atoms with Gasteiger partial charge in [0, 0.05) is 4.47 Å². The Labute approximate surface area is 193 Å². The van der Waals surface area contributed by atoms with Gasteiger partial charge in [-0.2, -0.15) is 5.10 Å². The van der Waals surface area contributed by atoms with Gasteiger partial charge in [-0.25, -0.2) is 5.43 Å². The summed E-state index contributed by atoms with van der Waals surface area (Å²) < 4.78 is 6.77. The Kier molecular flexibility index (Phi) is 8.20. The van der Waals surface area contributed by atoms with E-state index in [2.05, 4.69) is 31.8 Å². The van der Waals surface area contributed by atoms with Crippen molar-refractivity contribution in [3.05, 3.63) is 93.4 Å². The second-order valence-electron chi connectivity index (χ2n) is 6.48. The van der Waals surface area contributed by atoms with Gasteiger partial charge in [0.15, 0.2) is 0 Å². The van der Waals surface area contributed by atoms with E-state index in [4.69, 9.17) is 16.3 Å². The van der Waals surface area contributed by atoms with Gasteiger partial charge in [0.25, 0.3) is 0 Å². The highest BCUT2D eigenvalue weighted by Gasteiger charge is 2.10. The molecule has 8 heteroatoms. The molecule has 0 saturated heterocycles. The van der Waals surface area contributed by atoms with Gasteiger partial charge >= 0.3 is 0 Å². The van der Waals surface area contributed by atoms with Crippen molar-refractivity contribution in [2.24, 2.45) is 5.10 Å². The molecule has 2 amide bonds. The third-order valence-electron chi connectivity index (χ3n) is 4.07. The number of benzene rings is 3. The SMILES string of the molecule is O=C(CC(=O)Nc1ccccc1Cl)NN=Cc1ccc(OCc2ccc(Br)cc2)cc1. The molecule has 3 aromatic rings. The fourth-order valence-electron chi connectivity index (χ4n) is 2.52. The third-order valence-corrected chi connectivity index (χ3v) is 4.93. The molecule has 6 nitrogen and oxygen atoms in total. The van der Waals surface area contributed by atoms with E-state index >= 15 is 0 Å². The first kappa shape index (κ1) is 22.5. The number of rotatable bonds is 8. The van der Waals surface area contributed by atoms with E-state index in [1.807, 2.05) is 48.5 Å². The number of carbonyl (C=O) groups is 2. The summed E-state index contributed by atoms with van der Waals surface area (Å²) in [5, 5.41) is 6.86. The average Bonchev–Trinajstić information content (AvgIpc) is 2.76. The van der Waals surface area contributed by atoms with Crippen LogP contribution in [0, 0.1) is 0 Å². The number of amides is 2. The molecular formula is C23H19BrClN3O3. The molecule has 0 bridgehead atoms. The Morgan fingerprint density at radius 3 is 2.39 bits per heavy atom. The lowest BCUT2D eigenvalue weighted by Crippen LogP contribution is -2.24. The number of hydrogen-bond donors (Lipinski definition) is 2. The highest BCUT2D eigenvalue weighted by atomic mass is 79.9. The number of para-hydroxylation sites is 1. The standard InChI is InChI=1S/C23H19BrClN3O3/c24-18-9-5-17(6-10-18)15-31-19-11-7-16(8-12-19)14-26-28-23(30)13-22(29)27-21-4-2-1-3-20(21)25/h1-12,14H,13,15H2,(H,27,29)(H,28,30). The monoisotopic (exact) mass is 499 g/mol. The van der Waals surface area contributed by atoms with Crippen LogP contribution in [0.25, 0.3) is 0 Å². The topological polar surface area (TPSA) is 79.8 Å². The van der Waals surface area contributed by atoms with Crippen molar-refractivity contribution in [2.75, 3.05) is 5.32 Å². The van der Waals surface area contributed by atoms with Gasteiger partial charge in [-0.3, -0.25) is 9.59 Å². The number of hydrazone groups is 1. The predicted octanol–water partition coefficient (Wildman–Crippen LogP) is 5.16.